The molecule has 0 saturated heterocycles. The summed E-state index contributed by atoms with van der Waals surface area (Å²) in [5.74, 6) is 1.05. The lowest BCUT2D eigenvalue weighted by atomic mass is 9.78. The van der Waals surface area contributed by atoms with Crippen molar-refractivity contribution < 1.29 is 9.84 Å². The Labute approximate surface area is 226 Å². The first-order valence-corrected chi connectivity index (χ1v) is 13.6. The molecule has 0 atom stereocenters. The van der Waals surface area contributed by atoms with Gasteiger partial charge in [0.25, 0.3) is 11.1 Å². The highest BCUT2D eigenvalue weighted by Crippen LogP contribution is 2.39. The number of ether oxygens (including phenoxy) is 1. The fourth-order valence-electron chi connectivity index (χ4n) is 4.20. The third-order valence-corrected chi connectivity index (χ3v) is 7.22. The third kappa shape index (κ3) is 5.80. The predicted molar refractivity (Wildman–Crippen MR) is 153 cm³/mol. The van der Waals surface area contributed by atoms with Gasteiger partial charge in [-0.15, -0.1) is 0 Å². The Morgan fingerprint density at radius 2 is 1.61 bits per heavy atom. The standard InChI is InChI=1S/C30H35N3O4S/c1-8-13-37-20-11-9-18(10-12-20)16-23-26(35)31-28-33(32-23)27(36)24(38-28)17-19-14-21(29(2,3)4)25(34)22(15-19)30(5,6)7/h9-12,14-15,17,34H,8,13,16H2,1-7H3/b24-17+. The minimum atomic E-state index is -0.446. The average Bonchev–Trinajstić information content (AvgIpc) is 3.12. The van der Waals surface area contributed by atoms with Gasteiger partial charge in [0.2, 0.25) is 4.96 Å². The first-order chi connectivity index (χ1) is 17.8. The summed E-state index contributed by atoms with van der Waals surface area (Å²) in [6, 6.07) is 11.3. The first-order valence-electron chi connectivity index (χ1n) is 12.8. The van der Waals surface area contributed by atoms with E-state index in [9.17, 15) is 14.7 Å². The first kappa shape index (κ1) is 27.5. The summed E-state index contributed by atoms with van der Waals surface area (Å²) >= 11 is 1.13. The Kier molecular flexibility index (Phi) is 7.48. The fraction of sp³-hybridized carbons (Fsp3) is 0.400. The molecule has 0 saturated carbocycles. The lowest BCUT2D eigenvalue weighted by molar-refractivity contribution is 0.317. The summed E-state index contributed by atoms with van der Waals surface area (Å²) in [6.45, 7) is 15.0. The van der Waals surface area contributed by atoms with Crippen molar-refractivity contribution in [3.05, 3.63) is 89.6 Å². The smallest absolute Gasteiger partial charge is 0.296 e. The molecule has 2 heterocycles. The summed E-state index contributed by atoms with van der Waals surface area (Å²) in [7, 11) is 0. The van der Waals surface area contributed by atoms with Crippen LogP contribution < -0.4 is 20.4 Å². The van der Waals surface area contributed by atoms with Crippen molar-refractivity contribution in [2.24, 2.45) is 0 Å². The predicted octanol–water partition coefficient (Wildman–Crippen LogP) is 4.74. The molecule has 0 bridgehead atoms. The van der Waals surface area contributed by atoms with E-state index < -0.39 is 5.56 Å². The number of thiazole rings is 1. The number of benzene rings is 2. The van der Waals surface area contributed by atoms with Crippen LogP contribution in [-0.2, 0) is 17.3 Å². The molecule has 0 aliphatic rings. The quantitative estimate of drug-likeness (QED) is 0.385. The van der Waals surface area contributed by atoms with Crippen LogP contribution in [0.25, 0.3) is 11.0 Å². The van der Waals surface area contributed by atoms with E-state index in [0.717, 1.165) is 45.8 Å². The minimum absolute atomic E-state index is 0.209. The number of hydrogen-bond donors (Lipinski definition) is 1. The number of hydrogen-bond acceptors (Lipinski definition) is 7. The molecule has 7 nitrogen and oxygen atoms in total. The second kappa shape index (κ2) is 10.3. The minimum Gasteiger partial charge on any atom is -0.507 e. The zero-order valence-electron chi connectivity index (χ0n) is 23.1. The molecule has 4 aromatic rings. The SMILES string of the molecule is CCCOc1ccc(Cc2nn3c(=O)/c(=C\c4cc(C(C)(C)C)c(O)c(C(C)(C)C)c4)sc3nc2=O)cc1. The molecule has 0 aliphatic heterocycles. The van der Waals surface area contributed by atoms with Gasteiger partial charge in [-0.2, -0.15) is 14.6 Å². The monoisotopic (exact) mass is 533 g/mol. The van der Waals surface area contributed by atoms with Gasteiger partial charge in [0.1, 0.15) is 17.2 Å². The molecular formula is C30H35N3O4S. The highest BCUT2D eigenvalue weighted by molar-refractivity contribution is 7.15. The largest absolute Gasteiger partial charge is 0.507 e. The molecule has 0 fully saturated rings. The van der Waals surface area contributed by atoms with Crippen molar-refractivity contribution in [1.29, 1.82) is 0 Å². The average molecular weight is 534 g/mol. The molecule has 0 amide bonds. The summed E-state index contributed by atoms with van der Waals surface area (Å²) in [4.78, 5) is 30.4. The summed E-state index contributed by atoms with van der Waals surface area (Å²) in [5, 5.41) is 15.4. The van der Waals surface area contributed by atoms with Crippen LogP contribution in [0.4, 0.5) is 0 Å². The number of phenols is 1. The maximum absolute atomic E-state index is 13.3. The lowest BCUT2D eigenvalue weighted by Gasteiger charge is -2.27. The van der Waals surface area contributed by atoms with Crippen LogP contribution in [0.15, 0.2) is 46.0 Å². The molecule has 2 aromatic heterocycles. The zero-order chi connectivity index (χ0) is 27.8. The van der Waals surface area contributed by atoms with E-state index in [1.165, 1.54) is 4.52 Å². The number of phenolic OH excluding ortho intramolecular Hbond substituents is 1. The van der Waals surface area contributed by atoms with Crippen molar-refractivity contribution >= 4 is 22.4 Å². The lowest BCUT2D eigenvalue weighted by Crippen LogP contribution is -2.28. The molecule has 2 aromatic carbocycles. The second-order valence-corrected chi connectivity index (χ2v) is 12.6. The van der Waals surface area contributed by atoms with E-state index in [2.05, 4.69) is 10.1 Å². The Morgan fingerprint density at radius 1 is 1.00 bits per heavy atom. The molecule has 8 heteroatoms. The molecule has 1 N–H and O–H groups in total. The van der Waals surface area contributed by atoms with Crippen LogP contribution in [-0.4, -0.2) is 26.3 Å². The van der Waals surface area contributed by atoms with Crippen LogP contribution >= 0.6 is 11.3 Å². The number of nitrogens with zero attached hydrogens (tertiary/aromatic N) is 3. The van der Waals surface area contributed by atoms with E-state index in [0.29, 0.717) is 11.1 Å². The molecular weight excluding hydrogens is 498 g/mol. The number of aromatic nitrogens is 3. The van der Waals surface area contributed by atoms with Gasteiger partial charge in [0.05, 0.1) is 11.1 Å². The topological polar surface area (TPSA) is 93.8 Å². The van der Waals surface area contributed by atoms with Crippen molar-refractivity contribution in [2.75, 3.05) is 6.61 Å². The van der Waals surface area contributed by atoms with E-state index >= 15 is 0 Å². The van der Waals surface area contributed by atoms with Crippen molar-refractivity contribution in [2.45, 2.75) is 72.1 Å². The summed E-state index contributed by atoms with van der Waals surface area (Å²) < 4.78 is 7.25. The van der Waals surface area contributed by atoms with Crippen LogP contribution in [0.5, 0.6) is 11.5 Å². The van der Waals surface area contributed by atoms with Crippen molar-refractivity contribution in [3.8, 4) is 11.5 Å². The third-order valence-electron chi connectivity index (χ3n) is 6.26. The van der Waals surface area contributed by atoms with Crippen molar-refractivity contribution in [3.63, 3.8) is 0 Å². The second-order valence-electron chi connectivity index (χ2n) is 11.6. The maximum atomic E-state index is 13.3. The van der Waals surface area contributed by atoms with Gasteiger partial charge in [-0.3, -0.25) is 9.59 Å². The van der Waals surface area contributed by atoms with Gasteiger partial charge in [-0.05, 0) is 58.7 Å². The Balaban J connectivity index is 1.76. The number of aromatic hydroxyl groups is 1. The van der Waals surface area contributed by atoms with Crippen LogP contribution in [0, 0.1) is 0 Å². The van der Waals surface area contributed by atoms with E-state index in [-0.39, 0.29) is 39.2 Å². The molecule has 200 valence electrons. The highest BCUT2D eigenvalue weighted by Gasteiger charge is 2.26. The van der Waals surface area contributed by atoms with Gasteiger partial charge >= 0.3 is 0 Å². The molecule has 4 rings (SSSR count). The summed E-state index contributed by atoms with van der Waals surface area (Å²) in [6.07, 6.45) is 2.97. The fourth-order valence-corrected chi connectivity index (χ4v) is 5.11. The Morgan fingerprint density at radius 3 is 2.16 bits per heavy atom. The molecule has 38 heavy (non-hydrogen) atoms. The molecule has 0 radical (unpaired) electrons. The van der Waals surface area contributed by atoms with Crippen LogP contribution in [0.3, 0.4) is 0 Å². The normalized spacial score (nSPS) is 12.9. The zero-order valence-corrected chi connectivity index (χ0v) is 23.9. The molecule has 0 unspecified atom stereocenters. The Bertz CT molecular complexity index is 1600. The molecule has 0 aliphatic carbocycles. The number of fused-ring (bicyclic) bond motifs is 1. The van der Waals surface area contributed by atoms with Crippen molar-refractivity contribution in [1.82, 2.24) is 14.6 Å². The Hall–Kier alpha value is -3.52. The van der Waals surface area contributed by atoms with Gasteiger partial charge < -0.3 is 9.84 Å². The maximum Gasteiger partial charge on any atom is 0.296 e. The van der Waals surface area contributed by atoms with Gasteiger partial charge in [0, 0.05) is 17.5 Å². The van der Waals surface area contributed by atoms with Crippen LogP contribution in [0.1, 0.15) is 82.8 Å². The highest BCUT2D eigenvalue weighted by atomic mass is 32.1. The summed E-state index contributed by atoms with van der Waals surface area (Å²) in [5.41, 5.74) is 2.15. The van der Waals surface area contributed by atoms with Crippen LogP contribution in [0.2, 0.25) is 0 Å². The van der Waals surface area contributed by atoms with Gasteiger partial charge in [-0.25, -0.2) is 0 Å². The number of rotatable bonds is 6. The van der Waals surface area contributed by atoms with E-state index in [4.69, 9.17) is 4.74 Å². The molecule has 0 spiro atoms. The van der Waals surface area contributed by atoms with Gasteiger partial charge in [-0.1, -0.05) is 71.9 Å². The van der Waals surface area contributed by atoms with E-state index in [1.807, 2.05) is 84.9 Å². The van der Waals surface area contributed by atoms with Gasteiger partial charge in [0.15, 0.2) is 0 Å². The van der Waals surface area contributed by atoms with E-state index in [1.54, 1.807) is 6.08 Å².